The number of carbonyl (C=O) groups is 1. The zero-order valence-corrected chi connectivity index (χ0v) is 16.7. The summed E-state index contributed by atoms with van der Waals surface area (Å²) in [6, 6.07) is 12.6. The van der Waals surface area contributed by atoms with Crippen LogP contribution in [0.2, 0.25) is 0 Å². The van der Waals surface area contributed by atoms with Crippen molar-refractivity contribution >= 4 is 6.09 Å². The minimum atomic E-state index is -0.641. The number of carbonyl (C=O) groups excluding carboxylic acids is 1. The molecule has 0 radical (unpaired) electrons. The van der Waals surface area contributed by atoms with Gasteiger partial charge in [0.25, 0.3) is 0 Å². The number of hydroxylamine groups is 2. The Morgan fingerprint density at radius 3 is 2.87 bits per heavy atom. The molecule has 31 heavy (non-hydrogen) atoms. The summed E-state index contributed by atoms with van der Waals surface area (Å²) in [5, 5.41) is 17.9. The van der Waals surface area contributed by atoms with Gasteiger partial charge in [-0.05, 0) is 18.2 Å². The minimum Gasteiger partial charge on any atom is -0.351 e. The van der Waals surface area contributed by atoms with Crippen molar-refractivity contribution in [3.8, 4) is 17.3 Å². The summed E-state index contributed by atoms with van der Waals surface area (Å²) in [5.74, 6) is -1.28. The van der Waals surface area contributed by atoms with Gasteiger partial charge in [-0.2, -0.15) is 10.4 Å². The first-order valence-corrected chi connectivity index (χ1v) is 9.66. The zero-order valence-electron chi connectivity index (χ0n) is 16.7. The Labute approximate surface area is 177 Å². The predicted octanol–water partition coefficient (Wildman–Crippen LogP) is 3.38. The first-order valence-electron chi connectivity index (χ1n) is 9.66. The molecular formula is C22H19F2N5O2. The first kappa shape index (κ1) is 20.5. The van der Waals surface area contributed by atoms with Crippen molar-refractivity contribution in [2.24, 2.45) is 0 Å². The van der Waals surface area contributed by atoms with E-state index < -0.39 is 17.7 Å². The van der Waals surface area contributed by atoms with Gasteiger partial charge in [-0.1, -0.05) is 18.2 Å². The summed E-state index contributed by atoms with van der Waals surface area (Å²) < 4.78 is 29.2. The Balaban J connectivity index is 1.75. The molecule has 1 amide bonds. The van der Waals surface area contributed by atoms with Crippen molar-refractivity contribution in [3.63, 3.8) is 0 Å². The van der Waals surface area contributed by atoms with E-state index in [-0.39, 0.29) is 6.54 Å². The topological polar surface area (TPSA) is 83.2 Å². The third-order valence-corrected chi connectivity index (χ3v) is 5.12. The van der Waals surface area contributed by atoms with Gasteiger partial charge < -0.3 is 10.2 Å². The van der Waals surface area contributed by atoms with Gasteiger partial charge in [-0.15, -0.1) is 5.06 Å². The Bertz CT molecular complexity index is 1190. The van der Waals surface area contributed by atoms with Crippen LogP contribution in [0.3, 0.4) is 0 Å². The molecule has 9 heteroatoms. The van der Waals surface area contributed by atoms with E-state index in [1.165, 1.54) is 24.2 Å². The van der Waals surface area contributed by atoms with Gasteiger partial charge in [0.05, 0.1) is 30.4 Å². The second kappa shape index (κ2) is 8.53. The number of hydrogen-bond acceptors (Lipinski definition) is 5. The molecule has 1 aromatic heterocycles. The van der Waals surface area contributed by atoms with Gasteiger partial charge in [-0.3, -0.25) is 4.68 Å². The first-order chi connectivity index (χ1) is 15.0. The molecule has 0 unspecified atom stereocenters. The van der Waals surface area contributed by atoms with Crippen molar-refractivity contribution < 1.29 is 18.4 Å². The van der Waals surface area contributed by atoms with Crippen LogP contribution in [0.4, 0.5) is 13.6 Å². The highest BCUT2D eigenvalue weighted by Gasteiger charge is 2.28. The maximum atomic E-state index is 14.3. The summed E-state index contributed by atoms with van der Waals surface area (Å²) in [5.41, 5.74) is 3.86. The van der Waals surface area contributed by atoms with Gasteiger partial charge in [0.15, 0.2) is 0 Å². The van der Waals surface area contributed by atoms with E-state index in [1.807, 2.05) is 6.07 Å². The standard InChI is InChI=1S/C22H19F2N5O2/c1-26-22(30)31-28-8-7-20-18(13-28)21(15-4-2-3-14(9-15)11-25)27-29(20)12-16-5-6-17(23)10-19(16)24/h2-6,9-10H,7-8,12-13H2,1H3,(H,26,30). The molecule has 1 aliphatic rings. The van der Waals surface area contributed by atoms with Crippen LogP contribution in [0.5, 0.6) is 0 Å². The van der Waals surface area contributed by atoms with E-state index in [0.29, 0.717) is 36.3 Å². The molecule has 2 aromatic carbocycles. The molecule has 7 nitrogen and oxygen atoms in total. The van der Waals surface area contributed by atoms with Gasteiger partial charge in [0.1, 0.15) is 11.6 Å². The summed E-state index contributed by atoms with van der Waals surface area (Å²) in [4.78, 5) is 16.9. The number of hydrogen-bond donors (Lipinski definition) is 1. The Hall–Kier alpha value is -3.77. The molecule has 158 valence electrons. The van der Waals surface area contributed by atoms with Crippen molar-refractivity contribution in [1.82, 2.24) is 20.2 Å². The normalized spacial score (nSPS) is 13.4. The largest absolute Gasteiger partial charge is 0.426 e. The van der Waals surface area contributed by atoms with E-state index >= 15 is 0 Å². The fourth-order valence-electron chi connectivity index (χ4n) is 3.62. The van der Waals surface area contributed by atoms with Crippen LogP contribution in [-0.4, -0.2) is 34.5 Å². The molecule has 1 N–H and O–H groups in total. The Morgan fingerprint density at radius 2 is 2.13 bits per heavy atom. The number of fused-ring (bicyclic) bond motifs is 1. The fourth-order valence-corrected chi connectivity index (χ4v) is 3.62. The smallest absolute Gasteiger partial charge is 0.351 e. The number of nitrogens with zero attached hydrogens (tertiary/aromatic N) is 4. The van der Waals surface area contributed by atoms with E-state index in [1.54, 1.807) is 22.9 Å². The quantitative estimate of drug-likeness (QED) is 0.696. The molecule has 3 aromatic rings. The number of benzene rings is 2. The predicted molar refractivity (Wildman–Crippen MR) is 107 cm³/mol. The van der Waals surface area contributed by atoms with Crippen molar-refractivity contribution in [2.75, 3.05) is 13.6 Å². The second-order valence-corrected chi connectivity index (χ2v) is 7.10. The van der Waals surface area contributed by atoms with Crippen LogP contribution in [0, 0.1) is 23.0 Å². The third-order valence-electron chi connectivity index (χ3n) is 5.12. The second-order valence-electron chi connectivity index (χ2n) is 7.10. The van der Waals surface area contributed by atoms with Crippen LogP contribution in [0.15, 0.2) is 42.5 Å². The van der Waals surface area contributed by atoms with Crippen LogP contribution in [-0.2, 0) is 24.3 Å². The number of amides is 1. The Morgan fingerprint density at radius 1 is 1.29 bits per heavy atom. The van der Waals surface area contributed by atoms with Gasteiger partial charge in [0, 0.05) is 48.5 Å². The van der Waals surface area contributed by atoms with E-state index in [4.69, 9.17) is 9.94 Å². The lowest BCUT2D eigenvalue weighted by molar-refractivity contribution is -0.110. The maximum absolute atomic E-state index is 14.3. The molecule has 0 fully saturated rings. The summed E-state index contributed by atoms with van der Waals surface area (Å²) in [6.45, 7) is 0.860. The van der Waals surface area contributed by atoms with Crippen LogP contribution < -0.4 is 5.32 Å². The van der Waals surface area contributed by atoms with Crippen LogP contribution in [0.25, 0.3) is 11.3 Å². The SMILES string of the molecule is CNC(=O)ON1CCc2c(c(-c3cccc(C#N)c3)nn2Cc2ccc(F)cc2F)C1. The van der Waals surface area contributed by atoms with E-state index in [0.717, 1.165) is 22.9 Å². The van der Waals surface area contributed by atoms with Gasteiger partial charge >= 0.3 is 6.09 Å². The van der Waals surface area contributed by atoms with Crippen LogP contribution >= 0.6 is 0 Å². The molecule has 2 heterocycles. The summed E-state index contributed by atoms with van der Waals surface area (Å²) in [7, 11) is 1.48. The molecule has 0 saturated heterocycles. The van der Waals surface area contributed by atoms with E-state index in [9.17, 15) is 18.8 Å². The van der Waals surface area contributed by atoms with Crippen LogP contribution in [0.1, 0.15) is 22.4 Å². The number of rotatable bonds is 4. The van der Waals surface area contributed by atoms with E-state index in [2.05, 4.69) is 11.4 Å². The molecule has 1 aliphatic heterocycles. The number of aromatic nitrogens is 2. The molecule has 0 aliphatic carbocycles. The molecule has 4 rings (SSSR count). The minimum absolute atomic E-state index is 0.128. The van der Waals surface area contributed by atoms with Crippen molar-refractivity contribution in [1.29, 1.82) is 5.26 Å². The fraction of sp³-hybridized carbons (Fsp3) is 0.227. The van der Waals surface area contributed by atoms with Crippen molar-refractivity contribution in [2.45, 2.75) is 19.5 Å². The third kappa shape index (κ3) is 4.25. The lowest BCUT2D eigenvalue weighted by atomic mass is 10.0. The lowest BCUT2D eigenvalue weighted by Gasteiger charge is -2.26. The molecule has 0 spiro atoms. The molecule has 0 bridgehead atoms. The number of halogens is 2. The number of nitriles is 1. The maximum Gasteiger partial charge on any atom is 0.426 e. The summed E-state index contributed by atoms with van der Waals surface area (Å²) in [6.07, 6.45) is -0.0580. The summed E-state index contributed by atoms with van der Waals surface area (Å²) >= 11 is 0. The highest BCUT2D eigenvalue weighted by Crippen LogP contribution is 2.31. The average molecular weight is 423 g/mol. The average Bonchev–Trinajstić information content (AvgIpc) is 3.13. The monoisotopic (exact) mass is 423 g/mol. The van der Waals surface area contributed by atoms with Gasteiger partial charge in [-0.25, -0.2) is 13.6 Å². The molecule has 0 saturated carbocycles. The number of nitrogens with one attached hydrogen (secondary N) is 1. The lowest BCUT2D eigenvalue weighted by Crippen LogP contribution is -2.36. The zero-order chi connectivity index (χ0) is 22.0. The highest BCUT2D eigenvalue weighted by molar-refractivity contribution is 5.67. The van der Waals surface area contributed by atoms with Gasteiger partial charge in [0.2, 0.25) is 0 Å². The highest BCUT2D eigenvalue weighted by atomic mass is 19.1. The van der Waals surface area contributed by atoms with Crippen molar-refractivity contribution in [3.05, 3.63) is 76.5 Å². The molecule has 0 atom stereocenters. The Kier molecular flexibility index (Phi) is 5.64. The molecular weight excluding hydrogens is 404 g/mol.